The van der Waals surface area contributed by atoms with Crippen LogP contribution < -0.4 is 0 Å². The number of aromatic nitrogens is 1. The summed E-state index contributed by atoms with van der Waals surface area (Å²) in [6.07, 6.45) is 0. The number of thiophene rings is 1. The summed E-state index contributed by atoms with van der Waals surface area (Å²) in [5, 5.41) is 11.9. The van der Waals surface area contributed by atoms with Crippen molar-refractivity contribution in [1.82, 2.24) is 4.98 Å². The normalized spacial score (nSPS) is 12.6. The second kappa shape index (κ2) is 4.88. The third-order valence-electron chi connectivity index (χ3n) is 2.37. The number of aryl methyl sites for hydroxylation is 1. The van der Waals surface area contributed by atoms with Crippen LogP contribution in [0.2, 0.25) is 0 Å². The lowest BCUT2D eigenvalue weighted by Gasteiger charge is -2.02. The fourth-order valence-electron chi connectivity index (χ4n) is 1.45. The first-order valence-corrected chi connectivity index (χ1v) is 7.42. The highest BCUT2D eigenvalue weighted by atomic mass is 79.9. The Morgan fingerprint density at radius 3 is 2.82 bits per heavy atom. The molecule has 0 aliphatic rings. The number of aliphatic carboxylic acids is 1. The Balaban J connectivity index is 2.40. The van der Waals surface area contributed by atoms with Crippen molar-refractivity contribution in [2.75, 3.05) is 0 Å². The molecule has 0 aliphatic carbocycles. The standard InChI is InChI=1S/C11H10BrNO2S2/c1-5(11(14)15)9-6(2)13-10(17-9)8-3-7(12)4-16-8/h3-5H,1-2H3,(H,14,15). The Hall–Kier alpha value is -0.720. The molecule has 3 nitrogen and oxygen atoms in total. The van der Waals surface area contributed by atoms with E-state index in [9.17, 15) is 4.79 Å². The first kappa shape index (κ1) is 12.7. The van der Waals surface area contributed by atoms with E-state index in [0.717, 1.165) is 24.9 Å². The monoisotopic (exact) mass is 331 g/mol. The number of carbonyl (C=O) groups is 1. The van der Waals surface area contributed by atoms with E-state index in [0.29, 0.717) is 0 Å². The predicted octanol–water partition coefficient (Wildman–Crippen LogP) is 4.13. The molecule has 90 valence electrons. The van der Waals surface area contributed by atoms with Gasteiger partial charge in [0, 0.05) is 14.7 Å². The number of carboxylic acids is 1. The van der Waals surface area contributed by atoms with Crippen LogP contribution in [0.15, 0.2) is 15.9 Å². The second-order valence-corrected chi connectivity index (χ2v) is 6.52. The van der Waals surface area contributed by atoms with E-state index in [4.69, 9.17) is 5.11 Å². The van der Waals surface area contributed by atoms with Crippen LogP contribution in [0, 0.1) is 6.92 Å². The number of thiazole rings is 1. The van der Waals surface area contributed by atoms with E-state index in [2.05, 4.69) is 20.9 Å². The van der Waals surface area contributed by atoms with Gasteiger partial charge in [-0.15, -0.1) is 22.7 Å². The summed E-state index contributed by atoms with van der Waals surface area (Å²) < 4.78 is 1.03. The molecule has 2 aromatic heterocycles. The van der Waals surface area contributed by atoms with Crippen molar-refractivity contribution in [3.8, 4) is 9.88 Å². The van der Waals surface area contributed by atoms with Crippen LogP contribution in [-0.4, -0.2) is 16.1 Å². The SMILES string of the molecule is Cc1nc(-c2cc(Br)cs2)sc1C(C)C(=O)O. The molecule has 2 aromatic rings. The third kappa shape index (κ3) is 2.59. The van der Waals surface area contributed by atoms with Gasteiger partial charge in [-0.25, -0.2) is 4.98 Å². The average Bonchev–Trinajstić information content (AvgIpc) is 2.83. The van der Waals surface area contributed by atoms with Crippen LogP contribution in [0.1, 0.15) is 23.4 Å². The molecule has 0 saturated carbocycles. The summed E-state index contributed by atoms with van der Waals surface area (Å²) in [6, 6.07) is 2.00. The lowest BCUT2D eigenvalue weighted by molar-refractivity contribution is -0.138. The van der Waals surface area contributed by atoms with Crippen LogP contribution in [0.5, 0.6) is 0 Å². The molecule has 0 aliphatic heterocycles. The topological polar surface area (TPSA) is 50.2 Å². The van der Waals surface area contributed by atoms with Gasteiger partial charge in [0.1, 0.15) is 5.01 Å². The van der Waals surface area contributed by atoms with Gasteiger partial charge in [0.25, 0.3) is 0 Å². The predicted molar refractivity (Wildman–Crippen MR) is 73.9 cm³/mol. The van der Waals surface area contributed by atoms with Crippen LogP contribution in [-0.2, 0) is 4.79 Å². The molecule has 1 N–H and O–H groups in total. The Labute approximate surface area is 115 Å². The van der Waals surface area contributed by atoms with Gasteiger partial charge in [-0.05, 0) is 35.8 Å². The minimum Gasteiger partial charge on any atom is -0.481 e. The number of hydrogen-bond donors (Lipinski definition) is 1. The van der Waals surface area contributed by atoms with Crippen molar-refractivity contribution >= 4 is 44.6 Å². The van der Waals surface area contributed by atoms with Crippen LogP contribution >= 0.6 is 38.6 Å². The van der Waals surface area contributed by atoms with Gasteiger partial charge >= 0.3 is 5.97 Å². The second-order valence-electron chi connectivity index (χ2n) is 3.66. The maximum absolute atomic E-state index is 11.0. The summed E-state index contributed by atoms with van der Waals surface area (Å²) in [5.74, 6) is -1.31. The van der Waals surface area contributed by atoms with Crippen LogP contribution in [0.25, 0.3) is 9.88 Å². The van der Waals surface area contributed by atoms with Crippen molar-refractivity contribution in [3.05, 3.63) is 26.5 Å². The van der Waals surface area contributed by atoms with E-state index in [-0.39, 0.29) is 0 Å². The summed E-state index contributed by atoms with van der Waals surface area (Å²) in [6.45, 7) is 3.55. The highest BCUT2D eigenvalue weighted by Gasteiger charge is 2.21. The third-order valence-corrected chi connectivity index (χ3v) is 5.57. The van der Waals surface area contributed by atoms with Gasteiger partial charge in [-0.1, -0.05) is 0 Å². The molecule has 2 heterocycles. The Morgan fingerprint density at radius 2 is 2.29 bits per heavy atom. The van der Waals surface area contributed by atoms with E-state index >= 15 is 0 Å². The molecule has 2 rings (SSSR count). The average molecular weight is 332 g/mol. The fraction of sp³-hybridized carbons (Fsp3) is 0.273. The fourth-order valence-corrected chi connectivity index (χ4v) is 4.05. The first-order chi connectivity index (χ1) is 7.99. The molecule has 0 aromatic carbocycles. The van der Waals surface area contributed by atoms with Gasteiger partial charge in [0.15, 0.2) is 0 Å². The van der Waals surface area contributed by atoms with Crippen molar-refractivity contribution in [2.24, 2.45) is 0 Å². The molecular weight excluding hydrogens is 322 g/mol. The van der Waals surface area contributed by atoms with Crippen LogP contribution in [0.3, 0.4) is 0 Å². The number of nitrogens with zero attached hydrogens (tertiary/aromatic N) is 1. The smallest absolute Gasteiger partial charge is 0.311 e. The molecule has 0 saturated heterocycles. The van der Waals surface area contributed by atoms with Crippen molar-refractivity contribution in [2.45, 2.75) is 19.8 Å². The molecule has 0 spiro atoms. The summed E-state index contributed by atoms with van der Waals surface area (Å²) in [5.41, 5.74) is 0.810. The van der Waals surface area contributed by atoms with Crippen molar-refractivity contribution in [1.29, 1.82) is 0 Å². The maximum Gasteiger partial charge on any atom is 0.311 e. The zero-order valence-corrected chi connectivity index (χ0v) is 12.4. The quantitative estimate of drug-likeness (QED) is 0.919. The minimum atomic E-state index is -0.810. The van der Waals surface area contributed by atoms with Crippen molar-refractivity contribution in [3.63, 3.8) is 0 Å². The van der Waals surface area contributed by atoms with Gasteiger partial charge in [-0.2, -0.15) is 0 Å². The molecule has 0 radical (unpaired) electrons. The zero-order valence-electron chi connectivity index (χ0n) is 9.23. The Kier molecular flexibility index (Phi) is 3.65. The number of carboxylic acid groups (broad SMARTS) is 1. The lowest BCUT2D eigenvalue weighted by atomic mass is 10.1. The van der Waals surface area contributed by atoms with Gasteiger partial charge in [0.2, 0.25) is 0 Å². The molecule has 0 fully saturated rings. The maximum atomic E-state index is 11.0. The van der Waals surface area contributed by atoms with Gasteiger partial charge in [0.05, 0.1) is 16.5 Å². The summed E-state index contributed by atoms with van der Waals surface area (Å²) in [7, 11) is 0. The molecule has 6 heteroatoms. The highest BCUT2D eigenvalue weighted by molar-refractivity contribution is 9.10. The Bertz CT molecular complexity index is 562. The van der Waals surface area contributed by atoms with E-state index in [1.165, 1.54) is 11.3 Å². The van der Waals surface area contributed by atoms with E-state index in [1.807, 2.05) is 18.4 Å². The minimum absolute atomic E-state index is 0.496. The number of halogens is 1. The number of hydrogen-bond acceptors (Lipinski definition) is 4. The van der Waals surface area contributed by atoms with Crippen LogP contribution in [0.4, 0.5) is 0 Å². The number of rotatable bonds is 3. The summed E-state index contributed by atoms with van der Waals surface area (Å²) >= 11 is 6.46. The Morgan fingerprint density at radius 1 is 1.59 bits per heavy atom. The largest absolute Gasteiger partial charge is 0.481 e. The molecule has 1 atom stereocenters. The van der Waals surface area contributed by atoms with Gasteiger partial charge in [-0.3, -0.25) is 4.79 Å². The molecule has 0 amide bonds. The van der Waals surface area contributed by atoms with Gasteiger partial charge < -0.3 is 5.11 Å². The van der Waals surface area contributed by atoms with E-state index < -0.39 is 11.9 Å². The molecule has 0 bridgehead atoms. The summed E-state index contributed by atoms with van der Waals surface area (Å²) in [4.78, 5) is 17.3. The van der Waals surface area contributed by atoms with E-state index in [1.54, 1.807) is 18.3 Å². The molecule has 1 unspecified atom stereocenters. The first-order valence-electron chi connectivity index (χ1n) is 4.93. The lowest BCUT2D eigenvalue weighted by Crippen LogP contribution is -2.06. The molecule has 17 heavy (non-hydrogen) atoms. The molecular formula is C11H10BrNO2S2. The highest BCUT2D eigenvalue weighted by Crippen LogP contribution is 2.36. The zero-order chi connectivity index (χ0) is 12.6. The van der Waals surface area contributed by atoms with Crippen molar-refractivity contribution < 1.29 is 9.90 Å².